The van der Waals surface area contributed by atoms with Crippen LogP contribution in [0.4, 0.5) is 0 Å². The minimum atomic E-state index is -3.69. The second-order valence-corrected chi connectivity index (χ2v) is 8.38. The van der Waals surface area contributed by atoms with E-state index in [1.54, 1.807) is 72.8 Å². The molecule has 4 heteroatoms. The first-order chi connectivity index (χ1) is 12.5. The van der Waals surface area contributed by atoms with Crippen molar-refractivity contribution in [1.29, 1.82) is 0 Å². The van der Waals surface area contributed by atoms with Crippen LogP contribution in [-0.4, -0.2) is 14.2 Å². The summed E-state index contributed by atoms with van der Waals surface area (Å²) in [4.78, 5) is 12.9. The zero-order valence-corrected chi connectivity index (χ0v) is 15.3. The number of Topliss-reactive ketones (excluding diaryl/α,β-unsaturated/α-hetero) is 1. The first-order valence-electron chi connectivity index (χ1n) is 8.42. The highest BCUT2D eigenvalue weighted by molar-refractivity contribution is 7.91. The van der Waals surface area contributed by atoms with Gasteiger partial charge in [-0.25, -0.2) is 8.42 Å². The summed E-state index contributed by atoms with van der Waals surface area (Å²) in [5, 5.41) is -0.917. The van der Waals surface area contributed by atoms with Crippen molar-refractivity contribution in [2.45, 2.75) is 23.5 Å². The van der Waals surface area contributed by atoms with Crippen LogP contribution in [0.3, 0.4) is 0 Å². The maximum absolute atomic E-state index is 13.3. The third kappa shape index (κ3) is 3.92. The Morgan fingerprint density at radius 1 is 0.808 bits per heavy atom. The number of carbonyl (C=O) groups is 1. The van der Waals surface area contributed by atoms with Crippen molar-refractivity contribution >= 4 is 15.6 Å². The van der Waals surface area contributed by atoms with E-state index >= 15 is 0 Å². The lowest BCUT2D eigenvalue weighted by molar-refractivity contribution is 0.0980. The Morgan fingerprint density at radius 2 is 1.35 bits per heavy atom. The van der Waals surface area contributed by atoms with Crippen molar-refractivity contribution in [3.63, 3.8) is 0 Å². The number of sulfone groups is 1. The number of rotatable bonds is 6. The van der Waals surface area contributed by atoms with Gasteiger partial charge in [-0.05, 0) is 24.6 Å². The number of hydrogen-bond acceptors (Lipinski definition) is 3. The second kappa shape index (κ2) is 7.67. The minimum absolute atomic E-state index is 0.0930. The molecule has 3 aromatic rings. The van der Waals surface area contributed by atoms with Crippen LogP contribution < -0.4 is 0 Å². The van der Waals surface area contributed by atoms with E-state index in [-0.39, 0.29) is 17.1 Å². The Kier molecular flexibility index (Phi) is 5.33. The van der Waals surface area contributed by atoms with Crippen LogP contribution in [0.15, 0.2) is 89.8 Å². The Labute approximate surface area is 154 Å². The van der Waals surface area contributed by atoms with E-state index in [4.69, 9.17) is 0 Å². The molecule has 3 rings (SSSR count). The van der Waals surface area contributed by atoms with Crippen LogP contribution in [0.2, 0.25) is 0 Å². The van der Waals surface area contributed by atoms with E-state index in [0.717, 1.165) is 5.56 Å². The molecular formula is C22H20O3S. The van der Waals surface area contributed by atoms with Gasteiger partial charge >= 0.3 is 0 Å². The Hall–Kier alpha value is -2.72. The van der Waals surface area contributed by atoms with Gasteiger partial charge in [-0.3, -0.25) is 4.79 Å². The normalized spacial score (nSPS) is 12.5. The Balaban J connectivity index is 2.01. The average molecular weight is 364 g/mol. The van der Waals surface area contributed by atoms with Gasteiger partial charge < -0.3 is 0 Å². The highest BCUT2D eigenvalue weighted by Gasteiger charge is 2.31. The summed E-state index contributed by atoms with van der Waals surface area (Å²) in [7, 11) is -3.69. The van der Waals surface area contributed by atoms with Gasteiger partial charge in [0.2, 0.25) is 0 Å². The van der Waals surface area contributed by atoms with Crippen molar-refractivity contribution in [2.75, 3.05) is 0 Å². The van der Waals surface area contributed by atoms with Gasteiger partial charge in [0.1, 0.15) is 0 Å². The molecule has 132 valence electrons. The molecule has 3 nitrogen and oxygen atoms in total. The Bertz CT molecular complexity index is 977. The standard InChI is InChI=1S/C22H20O3S/c1-17-12-14-20(15-13-17)26(24,25)22(19-10-6-3-7-11-19)16-21(23)18-8-4-2-5-9-18/h2-15,22H,16H2,1H3. The molecule has 0 aromatic heterocycles. The van der Waals surface area contributed by atoms with Crippen LogP contribution in [-0.2, 0) is 9.84 Å². The third-order valence-corrected chi connectivity index (χ3v) is 6.48. The number of benzene rings is 3. The van der Waals surface area contributed by atoms with E-state index in [0.29, 0.717) is 11.1 Å². The Morgan fingerprint density at radius 3 is 1.92 bits per heavy atom. The lowest BCUT2D eigenvalue weighted by Crippen LogP contribution is -2.18. The van der Waals surface area contributed by atoms with Crippen molar-refractivity contribution in [3.8, 4) is 0 Å². The summed E-state index contributed by atoms with van der Waals surface area (Å²) in [5.41, 5.74) is 2.13. The predicted molar refractivity (Wildman–Crippen MR) is 103 cm³/mol. The predicted octanol–water partition coefficient (Wildman–Crippen LogP) is 4.78. The fourth-order valence-electron chi connectivity index (χ4n) is 2.88. The average Bonchev–Trinajstić information content (AvgIpc) is 2.67. The molecule has 0 aliphatic heterocycles. The second-order valence-electron chi connectivity index (χ2n) is 6.25. The van der Waals surface area contributed by atoms with Crippen LogP contribution in [0.1, 0.15) is 33.2 Å². The zero-order valence-electron chi connectivity index (χ0n) is 14.5. The molecule has 0 N–H and O–H groups in total. The molecule has 0 amide bonds. The largest absolute Gasteiger partial charge is 0.294 e. The van der Waals surface area contributed by atoms with E-state index in [9.17, 15) is 13.2 Å². The van der Waals surface area contributed by atoms with Gasteiger partial charge in [0.05, 0.1) is 10.1 Å². The molecule has 3 aromatic carbocycles. The molecule has 0 saturated carbocycles. The fraction of sp³-hybridized carbons (Fsp3) is 0.136. The summed E-state index contributed by atoms with van der Waals surface area (Å²) in [6, 6.07) is 24.5. The molecule has 0 spiro atoms. The van der Waals surface area contributed by atoms with Crippen molar-refractivity contribution in [1.82, 2.24) is 0 Å². The molecule has 0 fully saturated rings. The third-order valence-electron chi connectivity index (χ3n) is 4.36. The summed E-state index contributed by atoms with van der Waals surface area (Å²) >= 11 is 0. The summed E-state index contributed by atoms with van der Waals surface area (Å²) in [6.07, 6.45) is -0.0930. The SMILES string of the molecule is Cc1ccc(S(=O)(=O)C(CC(=O)c2ccccc2)c2ccccc2)cc1. The van der Waals surface area contributed by atoms with Crippen molar-refractivity contribution in [3.05, 3.63) is 102 Å². The minimum Gasteiger partial charge on any atom is -0.294 e. The van der Waals surface area contributed by atoms with E-state index in [2.05, 4.69) is 0 Å². The first-order valence-corrected chi connectivity index (χ1v) is 9.97. The smallest absolute Gasteiger partial charge is 0.185 e. The maximum atomic E-state index is 13.3. The van der Waals surface area contributed by atoms with Crippen LogP contribution in [0, 0.1) is 6.92 Å². The van der Waals surface area contributed by atoms with Gasteiger partial charge in [-0.1, -0.05) is 78.4 Å². The summed E-state index contributed by atoms with van der Waals surface area (Å²) in [6.45, 7) is 1.91. The lowest BCUT2D eigenvalue weighted by atomic mass is 10.0. The lowest BCUT2D eigenvalue weighted by Gasteiger charge is -2.18. The van der Waals surface area contributed by atoms with Gasteiger partial charge in [0.15, 0.2) is 15.6 Å². The number of hydrogen-bond donors (Lipinski definition) is 0. The summed E-state index contributed by atoms with van der Waals surface area (Å²) in [5.74, 6) is -0.185. The molecule has 1 unspecified atom stereocenters. The molecule has 0 aliphatic rings. The number of carbonyl (C=O) groups excluding carboxylic acids is 1. The van der Waals surface area contributed by atoms with E-state index in [1.165, 1.54) is 0 Å². The molecule has 0 radical (unpaired) electrons. The van der Waals surface area contributed by atoms with E-state index in [1.807, 2.05) is 19.1 Å². The van der Waals surface area contributed by atoms with Gasteiger partial charge in [0, 0.05) is 12.0 Å². The fourth-order valence-corrected chi connectivity index (χ4v) is 4.61. The highest BCUT2D eigenvalue weighted by atomic mass is 32.2. The number of ketones is 1. The monoisotopic (exact) mass is 364 g/mol. The first kappa shape index (κ1) is 18.1. The van der Waals surface area contributed by atoms with Gasteiger partial charge in [-0.2, -0.15) is 0 Å². The highest BCUT2D eigenvalue weighted by Crippen LogP contribution is 2.33. The zero-order chi connectivity index (χ0) is 18.6. The molecule has 0 aliphatic carbocycles. The van der Waals surface area contributed by atoms with Crippen LogP contribution >= 0.6 is 0 Å². The molecule has 0 bridgehead atoms. The number of aryl methyl sites for hydroxylation is 1. The van der Waals surface area contributed by atoms with Crippen molar-refractivity contribution < 1.29 is 13.2 Å². The maximum Gasteiger partial charge on any atom is 0.185 e. The topological polar surface area (TPSA) is 51.2 Å². The van der Waals surface area contributed by atoms with Crippen molar-refractivity contribution in [2.24, 2.45) is 0 Å². The summed E-state index contributed by atoms with van der Waals surface area (Å²) < 4.78 is 26.5. The van der Waals surface area contributed by atoms with Crippen LogP contribution in [0.25, 0.3) is 0 Å². The van der Waals surface area contributed by atoms with Gasteiger partial charge in [0.25, 0.3) is 0 Å². The molecule has 26 heavy (non-hydrogen) atoms. The van der Waals surface area contributed by atoms with Gasteiger partial charge in [-0.15, -0.1) is 0 Å². The quantitative estimate of drug-likeness (QED) is 0.591. The molecule has 0 saturated heterocycles. The molecular weight excluding hydrogens is 344 g/mol. The molecule has 1 atom stereocenters. The van der Waals surface area contributed by atoms with E-state index < -0.39 is 15.1 Å². The molecule has 0 heterocycles. The van der Waals surface area contributed by atoms with Crippen LogP contribution in [0.5, 0.6) is 0 Å².